The molecule has 0 saturated carbocycles. The van der Waals surface area contributed by atoms with Crippen molar-refractivity contribution in [2.24, 2.45) is 5.92 Å². The molecule has 0 spiro atoms. The standard InChI is InChI=1S/C31H33BrN2O5/c1-19-14-23(15-20(2)29(19)32)33-27(35)18-38-30(37)21-16-28(36)34(17-21)24-8-12-26(13-9-24)39-25-10-6-22(7-11-25)31(3,4)5/h6-15,21H,16-18H2,1-5H3,(H,33,35)/t21-/m1/s1. The van der Waals surface area contributed by atoms with Crippen LogP contribution in [0.15, 0.2) is 65.1 Å². The van der Waals surface area contributed by atoms with E-state index in [4.69, 9.17) is 9.47 Å². The van der Waals surface area contributed by atoms with E-state index in [9.17, 15) is 14.4 Å². The summed E-state index contributed by atoms with van der Waals surface area (Å²) in [5.74, 6) is -0.442. The van der Waals surface area contributed by atoms with Crippen LogP contribution in [0.2, 0.25) is 0 Å². The Balaban J connectivity index is 1.29. The molecule has 4 rings (SSSR count). The maximum absolute atomic E-state index is 12.7. The van der Waals surface area contributed by atoms with Crippen molar-refractivity contribution in [3.8, 4) is 11.5 Å². The Hall–Kier alpha value is -3.65. The van der Waals surface area contributed by atoms with E-state index in [0.717, 1.165) is 21.3 Å². The monoisotopic (exact) mass is 592 g/mol. The van der Waals surface area contributed by atoms with Crippen molar-refractivity contribution in [3.05, 3.63) is 81.8 Å². The predicted molar refractivity (Wildman–Crippen MR) is 155 cm³/mol. The van der Waals surface area contributed by atoms with E-state index in [-0.39, 0.29) is 24.3 Å². The third-order valence-electron chi connectivity index (χ3n) is 6.63. The number of halogens is 1. The van der Waals surface area contributed by atoms with E-state index in [1.165, 1.54) is 5.56 Å². The van der Waals surface area contributed by atoms with Gasteiger partial charge in [-0.25, -0.2) is 0 Å². The van der Waals surface area contributed by atoms with Crippen molar-refractivity contribution in [1.29, 1.82) is 0 Å². The number of rotatable bonds is 7. The first-order valence-electron chi connectivity index (χ1n) is 12.8. The van der Waals surface area contributed by atoms with Crippen LogP contribution in [0, 0.1) is 19.8 Å². The molecular formula is C31H33BrN2O5. The number of benzene rings is 3. The maximum atomic E-state index is 12.7. The van der Waals surface area contributed by atoms with Gasteiger partial charge in [0.15, 0.2) is 6.61 Å². The lowest BCUT2D eigenvalue weighted by Gasteiger charge is -2.19. The normalized spacial score (nSPS) is 15.3. The highest BCUT2D eigenvalue weighted by Gasteiger charge is 2.36. The number of carbonyl (C=O) groups is 3. The number of nitrogens with one attached hydrogen (secondary N) is 1. The molecule has 2 amide bonds. The van der Waals surface area contributed by atoms with Crippen molar-refractivity contribution < 1.29 is 23.9 Å². The van der Waals surface area contributed by atoms with Gasteiger partial charge in [0.25, 0.3) is 5.91 Å². The molecule has 7 nitrogen and oxygen atoms in total. The van der Waals surface area contributed by atoms with Crippen LogP contribution in [-0.4, -0.2) is 30.9 Å². The van der Waals surface area contributed by atoms with E-state index >= 15 is 0 Å². The van der Waals surface area contributed by atoms with Gasteiger partial charge in [0.1, 0.15) is 11.5 Å². The SMILES string of the molecule is Cc1cc(NC(=O)COC(=O)[C@@H]2CC(=O)N(c3ccc(Oc4ccc(C(C)(C)C)cc4)cc3)C2)cc(C)c1Br. The number of amides is 2. The molecule has 1 fully saturated rings. The molecule has 0 radical (unpaired) electrons. The van der Waals surface area contributed by atoms with Gasteiger partial charge in [-0.05, 0) is 84.5 Å². The van der Waals surface area contributed by atoms with Crippen molar-refractivity contribution in [2.45, 2.75) is 46.5 Å². The van der Waals surface area contributed by atoms with Crippen molar-refractivity contribution >= 4 is 45.1 Å². The summed E-state index contributed by atoms with van der Waals surface area (Å²) in [6.45, 7) is 10.1. The van der Waals surface area contributed by atoms with Gasteiger partial charge in [-0.15, -0.1) is 0 Å². The van der Waals surface area contributed by atoms with Gasteiger partial charge in [0.2, 0.25) is 5.91 Å². The number of esters is 1. The quantitative estimate of drug-likeness (QED) is 0.309. The summed E-state index contributed by atoms with van der Waals surface area (Å²) in [6.07, 6.45) is 0.0317. The smallest absolute Gasteiger partial charge is 0.311 e. The minimum absolute atomic E-state index is 0.0317. The van der Waals surface area contributed by atoms with Crippen LogP contribution >= 0.6 is 15.9 Å². The van der Waals surface area contributed by atoms with Gasteiger partial charge < -0.3 is 19.7 Å². The first kappa shape index (κ1) is 28.4. The topological polar surface area (TPSA) is 84.9 Å². The molecule has 1 aliphatic heterocycles. The molecule has 39 heavy (non-hydrogen) atoms. The van der Waals surface area contributed by atoms with Gasteiger partial charge in [0.05, 0.1) is 5.92 Å². The zero-order valence-corrected chi connectivity index (χ0v) is 24.4. The molecule has 0 aliphatic carbocycles. The Morgan fingerprint density at radius 1 is 0.974 bits per heavy atom. The average Bonchev–Trinajstić information content (AvgIpc) is 3.27. The lowest BCUT2D eigenvalue weighted by Crippen LogP contribution is -2.28. The molecule has 0 bridgehead atoms. The molecule has 1 N–H and O–H groups in total. The van der Waals surface area contributed by atoms with Crippen LogP contribution in [0.1, 0.15) is 43.9 Å². The number of anilines is 2. The van der Waals surface area contributed by atoms with Gasteiger partial charge in [-0.2, -0.15) is 0 Å². The first-order valence-corrected chi connectivity index (χ1v) is 13.6. The van der Waals surface area contributed by atoms with Gasteiger partial charge in [-0.3, -0.25) is 14.4 Å². The summed E-state index contributed by atoms with van der Waals surface area (Å²) >= 11 is 3.50. The molecule has 204 valence electrons. The Morgan fingerprint density at radius 3 is 2.10 bits per heavy atom. The van der Waals surface area contributed by atoms with Gasteiger partial charge in [-0.1, -0.05) is 48.8 Å². The highest BCUT2D eigenvalue weighted by atomic mass is 79.9. The second-order valence-corrected chi connectivity index (χ2v) is 11.6. The number of hydrogen-bond donors (Lipinski definition) is 1. The number of aryl methyl sites for hydroxylation is 2. The molecule has 1 aliphatic rings. The third-order valence-corrected chi connectivity index (χ3v) is 7.88. The Kier molecular flexibility index (Phi) is 8.45. The van der Waals surface area contributed by atoms with Crippen LogP contribution in [-0.2, 0) is 24.5 Å². The summed E-state index contributed by atoms with van der Waals surface area (Å²) in [5.41, 5.74) is 4.57. The van der Waals surface area contributed by atoms with E-state index in [1.807, 2.05) is 38.1 Å². The molecule has 3 aromatic rings. The van der Waals surface area contributed by atoms with E-state index in [0.29, 0.717) is 17.1 Å². The third kappa shape index (κ3) is 7.06. The minimum atomic E-state index is -0.639. The maximum Gasteiger partial charge on any atom is 0.311 e. The summed E-state index contributed by atoms with van der Waals surface area (Å²) < 4.78 is 12.2. The summed E-state index contributed by atoms with van der Waals surface area (Å²) in [5, 5.41) is 2.75. The summed E-state index contributed by atoms with van der Waals surface area (Å²) in [7, 11) is 0. The second-order valence-electron chi connectivity index (χ2n) is 10.9. The van der Waals surface area contributed by atoms with Crippen LogP contribution in [0.25, 0.3) is 0 Å². The van der Waals surface area contributed by atoms with Gasteiger partial charge in [0, 0.05) is 28.8 Å². The minimum Gasteiger partial charge on any atom is -0.457 e. The molecule has 0 unspecified atom stereocenters. The molecule has 0 aromatic heterocycles. The van der Waals surface area contributed by atoms with Crippen LogP contribution in [0.5, 0.6) is 11.5 Å². The average molecular weight is 594 g/mol. The number of carbonyl (C=O) groups excluding carboxylic acids is 3. The Labute approximate surface area is 237 Å². The zero-order valence-electron chi connectivity index (χ0n) is 22.8. The number of hydrogen-bond acceptors (Lipinski definition) is 5. The lowest BCUT2D eigenvalue weighted by atomic mass is 9.87. The van der Waals surface area contributed by atoms with E-state index in [2.05, 4.69) is 54.2 Å². The van der Waals surface area contributed by atoms with Crippen LogP contribution in [0.3, 0.4) is 0 Å². The predicted octanol–water partition coefficient (Wildman–Crippen LogP) is 6.69. The lowest BCUT2D eigenvalue weighted by molar-refractivity contribution is -0.151. The van der Waals surface area contributed by atoms with Crippen LogP contribution < -0.4 is 15.0 Å². The molecule has 3 aromatic carbocycles. The number of nitrogens with zero attached hydrogens (tertiary/aromatic N) is 1. The fourth-order valence-electron chi connectivity index (χ4n) is 4.44. The Morgan fingerprint density at radius 2 is 1.54 bits per heavy atom. The second kappa shape index (κ2) is 11.6. The molecule has 8 heteroatoms. The van der Waals surface area contributed by atoms with Crippen molar-refractivity contribution in [3.63, 3.8) is 0 Å². The first-order chi connectivity index (χ1) is 18.4. The fourth-order valence-corrected chi connectivity index (χ4v) is 4.67. The van der Waals surface area contributed by atoms with E-state index < -0.39 is 24.4 Å². The largest absolute Gasteiger partial charge is 0.457 e. The molecule has 1 heterocycles. The summed E-state index contributed by atoms with van der Waals surface area (Å²) in [4.78, 5) is 39.1. The fraction of sp³-hybridized carbons (Fsp3) is 0.323. The van der Waals surface area contributed by atoms with Gasteiger partial charge >= 0.3 is 5.97 Å². The molecule has 1 saturated heterocycles. The van der Waals surface area contributed by atoms with E-state index in [1.54, 1.807) is 29.2 Å². The van der Waals surface area contributed by atoms with Crippen LogP contribution in [0.4, 0.5) is 11.4 Å². The summed E-state index contributed by atoms with van der Waals surface area (Å²) in [6, 6.07) is 18.8. The van der Waals surface area contributed by atoms with Crippen molar-refractivity contribution in [2.75, 3.05) is 23.4 Å². The zero-order chi connectivity index (χ0) is 28.3. The highest BCUT2D eigenvalue weighted by molar-refractivity contribution is 9.10. The van der Waals surface area contributed by atoms with Crippen molar-refractivity contribution in [1.82, 2.24) is 0 Å². The molecular weight excluding hydrogens is 560 g/mol. The number of ether oxygens (including phenoxy) is 2. The highest BCUT2D eigenvalue weighted by Crippen LogP contribution is 2.31. The molecule has 1 atom stereocenters. The Bertz CT molecular complexity index is 1350.